The van der Waals surface area contributed by atoms with E-state index in [2.05, 4.69) is 9.89 Å². The zero-order valence-corrected chi connectivity index (χ0v) is 12.3. The zero-order valence-electron chi connectivity index (χ0n) is 10.7. The fraction of sp³-hybridized carbons (Fsp3) is 0.286. The lowest BCUT2D eigenvalue weighted by atomic mass is 10.2. The van der Waals surface area contributed by atoms with Crippen LogP contribution in [0, 0.1) is 0 Å². The van der Waals surface area contributed by atoms with Crippen LogP contribution < -0.4 is 0 Å². The molecule has 104 valence electrons. The number of hydrogen-bond donors (Lipinski definition) is 0. The second-order valence-electron chi connectivity index (χ2n) is 4.46. The molecule has 0 saturated carbocycles. The van der Waals surface area contributed by atoms with Gasteiger partial charge >= 0.3 is 0 Å². The van der Waals surface area contributed by atoms with Crippen LogP contribution >= 0.6 is 23.4 Å². The predicted octanol–water partition coefficient (Wildman–Crippen LogP) is 2.64. The number of ether oxygens (including phenoxy) is 1. The van der Waals surface area contributed by atoms with Gasteiger partial charge in [-0.05, 0) is 35.5 Å². The summed E-state index contributed by atoms with van der Waals surface area (Å²) < 4.78 is 5.30. The highest BCUT2D eigenvalue weighted by Crippen LogP contribution is 2.30. The third-order valence-corrected chi connectivity index (χ3v) is 4.32. The minimum absolute atomic E-state index is 0.184. The highest BCUT2D eigenvalue weighted by Gasteiger charge is 2.26. The van der Waals surface area contributed by atoms with Crippen LogP contribution in [0.5, 0.6) is 0 Å². The first-order valence-corrected chi connectivity index (χ1v) is 7.53. The molecule has 2 aliphatic rings. The lowest BCUT2D eigenvalue weighted by molar-refractivity contribution is -0.113. The average Bonchev–Trinajstić information content (AvgIpc) is 2.81. The maximum absolute atomic E-state index is 11.9. The molecule has 0 unspecified atom stereocenters. The number of carbonyl (C=O) groups is 1. The van der Waals surface area contributed by atoms with Gasteiger partial charge in [0.1, 0.15) is 0 Å². The van der Waals surface area contributed by atoms with E-state index < -0.39 is 0 Å². The Bertz CT molecular complexity index is 595. The molecular formula is C14H13ClN2O2S. The summed E-state index contributed by atoms with van der Waals surface area (Å²) in [6.45, 7) is 2.93. The van der Waals surface area contributed by atoms with Gasteiger partial charge in [0.25, 0.3) is 5.91 Å². The highest BCUT2D eigenvalue weighted by atomic mass is 35.5. The van der Waals surface area contributed by atoms with Gasteiger partial charge in [-0.25, -0.2) is 0 Å². The normalized spacial score (nSPS) is 21.4. The largest absolute Gasteiger partial charge is 0.378 e. The van der Waals surface area contributed by atoms with Crippen molar-refractivity contribution in [2.24, 2.45) is 4.99 Å². The monoisotopic (exact) mass is 308 g/mol. The summed E-state index contributed by atoms with van der Waals surface area (Å²) >= 11 is 7.36. The Morgan fingerprint density at radius 1 is 1.35 bits per heavy atom. The Morgan fingerprint density at radius 2 is 2.15 bits per heavy atom. The molecule has 1 aromatic carbocycles. The van der Waals surface area contributed by atoms with Crippen LogP contribution in [-0.2, 0) is 9.53 Å². The number of amidine groups is 1. The number of amides is 1. The van der Waals surface area contributed by atoms with E-state index in [-0.39, 0.29) is 5.91 Å². The summed E-state index contributed by atoms with van der Waals surface area (Å²) in [6.07, 6.45) is 1.83. The van der Waals surface area contributed by atoms with Crippen molar-refractivity contribution < 1.29 is 9.53 Å². The van der Waals surface area contributed by atoms with Crippen LogP contribution in [0.25, 0.3) is 6.08 Å². The SMILES string of the molecule is O=C1N=C(N2CCOCC2)S/C1=C\c1cccc(Cl)c1. The fourth-order valence-electron chi connectivity index (χ4n) is 2.04. The summed E-state index contributed by atoms with van der Waals surface area (Å²) in [5.41, 5.74) is 0.909. The van der Waals surface area contributed by atoms with Crippen LogP contribution in [-0.4, -0.2) is 42.3 Å². The molecule has 3 rings (SSSR count). The van der Waals surface area contributed by atoms with Crippen molar-refractivity contribution in [3.63, 3.8) is 0 Å². The Hall–Kier alpha value is -1.30. The molecule has 1 amide bonds. The van der Waals surface area contributed by atoms with E-state index in [1.807, 2.05) is 30.3 Å². The number of carbonyl (C=O) groups excluding carboxylic acids is 1. The molecule has 20 heavy (non-hydrogen) atoms. The first-order chi connectivity index (χ1) is 9.72. The van der Waals surface area contributed by atoms with Crippen LogP contribution in [0.4, 0.5) is 0 Å². The molecule has 6 heteroatoms. The Kier molecular flexibility index (Phi) is 4.10. The topological polar surface area (TPSA) is 41.9 Å². The van der Waals surface area contributed by atoms with E-state index >= 15 is 0 Å². The molecule has 2 heterocycles. The molecule has 0 spiro atoms. The number of rotatable bonds is 1. The van der Waals surface area contributed by atoms with Gasteiger partial charge in [-0.2, -0.15) is 4.99 Å². The van der Waals surface area contributed by atoms with E-state index in [1.54, 1.807) is 0 Å². The van der Waals surface area contributed by atoms with Crippen molar-refractivity contribution in [2.45, 2.75) is 0 Å². The molecule has 4 nitrogen and oxygen atoms in total. The molecule has 2 aliphatic heterocycles. The molecule has 0 radical (unpaired) electrons. The van der Waals surface area contributed by atoms with Crippen molar-refractivity contribution in [3.05, 3.63) is 39.8 Å². The summed E-state index contributed by atoms with van der Waals surface area (Å²) in [5, 5.41) is 1.43. The summed E-state index contributed by atoms with van der Waals surface area (Å²) in [4.78, 5) is 18.8. The van der Waals surface area contributed by atoms with Crippen molar-refractivity contribution in [1.29, 1.82) is 0 Å². The van der Waals surface area contributed by atoms with Crippen molar-refractivity contribution in [2.75, 3.05) is 26.3 Å². The maximum Gasteiger partial charge on any atom is 0.286 e. The molecule has 1 fully saturated rings. The number of hydrogen-bond acceptors (Lipinski definition) is 4. The maximum atomic E-state index is 11.9. The minimum atomic E-state index is -0.184. The predicted molar refractivity (Wildman–Crippen MR) is 81.9 cm³/mol. The van der Waals surface area contributed by atoms with Gasteiger partial charge in [-0.15, -0.1) is 0 Å². The summed E-state index contributed by atoms with van der Waals surface area (Å²) in [6, 6.07) is 7.42. The van der Waals surface area contributed by atoms with Gasteiger partial charge in [0.2, 0.25) is 0 Å². The highest BCUT2D eigenvalue weighted by molar-refractivity contribution is 8.18. The molecule has 1 saturated heterocycles. The number of halogens is 1. The van der Waals surface area contributed by atoms with Crippen LogP contribution in [0.1, 0.15) is 5.56 Å². The Labute approximate surface area is 126 Å². The average molecular weight is 309 g/mol. The lowest BCUT2D eigenvalue weighted by Crippen LogP contribution is -2.38. The quantitative estimate of drug-likeness (QED) is 0.748. The summed E-state index contributed by atoms with van der Waals surface area (Å²) in [5.74, 6) is -0.184. The van der Waals surface area contributed by atoms with Gasteiger partial charge in [-0.3, -0.25) is 4.79 Å². The van der Waals surface area contributed by atoms with E-state index in [1.165, 1.54) is 11.8 Å². The minimum Gasteiger partial charge on any atom is -0.378 e. The number of benzene rings is 1. The second-order valence-corrected chi connectivity index (χ2v) is 5.91. The smallest absolute Gasteiger partial charge is 0.286 e. The number of aliphatic imine (C=N–C) groups is 1. The third kappa shape index (κ3) is 3.06. The fourth-order valence-corrected chi connectivity index (χ4v) is 3.20. The van der Waals surface area contributed by atoms with Crippen molar-refractivity contribution >= 4 is 40.5 Å². The number of thioether (sulfide) groups is 1. The number of morpholine rings is 1. The van der Waals surface area contributed by atoms with Crippen molar-refractivity contribution in [3.8, 4) is 0 Å². The van der Waals surface area contributed by atoms with Crippen LogP contribution in [0.2, 0.25) is 5.02 Å². The molecular weight excluding hydrogens is 296 g/mol. The van der Waals surface area contributed by atoms with Gasteiger partial charge in [0.05, 0.1) is 18.1 Å². The van der Waals surface area contributed by atoms with E-state index in [0.29, 0.717) is 23.1 Å². The standard InChI is InChI=1S/C14H13ClN2O2S/c15-11-3-1-2-10(8-11)9-12-13(18)16-14(20-12)17-4-6-19-7-5-17/h1-3,8-9H,4-7H2/b12-9-. The van der Waals surface area contributed by atoms with Gasteiger partial charge < -0.3 is 9.64 Å². The molecule has 0 N–H and O–H groups in total. The van der Waals surface area contributed by atoms with Crippen LogP contribution in [0.15, 0.2) is 34.2 Å². The number of nitrogens with zero attached hydrogens (tertiary/aromatic N) is 2. The first-order valence-electron chi connectivity index (χ1n) is 6.33. The molecule has 0 aromatic heterocycles. The third-order valence-electron chi connectivity index (χ3n) is 3.04. The second kappa shape index (κ2) is 5.99. The van der Waals surface area contributed by atoms with E-state index in [0.717, 1.165) is 23.8 Å². The van der Waals surface area contributed by atoms with Crippen molar-refractivity contribution in [1.82, 2.24) is 4.90 Å². The van der Waals surface area contributed by atoms with E-state index in [9.17, 15) is 4.79 Å². The van der Waals surface area contributed by atoms with Gasteiger partial charge in [-0.1, -0.05) is 23.7 Å². The Morgan fingerprint density at radius 3 is 2.90 bits per heavy atom. The Balaban J connectivity index is 1.76. The first kappa shape index (κ1) is 13.7. The van der Waals surface area contributed by atoms with Gasteiger partial charge in [0, 0.05) is 18.1 Å². The lowest BCUT2D eigenvalue weighted by Gasteiger charge is -2.27. The molecule has 0 bridgehead atoms. The van der Waals surface area contributed by atoms with E-state index in [4.69, 9.17) is 16.3 Å². The van der Waals surface area contributed by atoms with Gasteiger partial charge in [0.15, 0.2) is 5.17 Å². The molecule has 1 aromatic rings. The summed E-state index contributed by atoms with van der Waals surface area (Å²) in [7, 11) is 0. The molecule has 0 atom stereocenters. The zero-order chi connectivity index (χ0) is 13.9. The molecule has 0 aliphatic carbocycles. The van der Waals surface area contributed by atoms with Crippen LogP contribution in [0.3, 0.4) is 0 Å².